The lowest BCUT2D eigenvalue weighted by Crippen LogP contribution is -2.38. The Balaban J connectivity index is 2.89. The molecule has 0 aliphatic heterocycles. The maximum Gasteiger partial charge on any atom is 0.325 e. The van der Waals surface area contributed by atoms with Crippen LogP contribution in [0.15, 0.2) is 29.2 Å². The molecule has 0 fully saturated rings. The molecule has 1 aromatic rings. The third-order valence-electron chi connectivity index (χ3n) is 2.55. The summed E-state index contributed by atoms with van der Waals surface area (Å²) in [4.78, 5) is 11.5. The van der Waals surface area contributed by atoms with Crippen molar-refractivity contribution in [3.05, 3.63) is 29.8 Å². The number of carbonyl (C=O) groups is 1. The van der Waals surface area contributed by atoms with Gasteiger partial charge in [0, 0.05) is 6.26 Å². The van der Waals surface area contributed by atoms with Crippen LogP contribution >= 0.6 is 0 Å². The summed E-state index contributed by atoms with van der Waals surface area (Å²) < 4.78 is 27.3. The smallest absolute Gasteiger partial charge is 0.325 e. The number of rotatable bonds is 5. The number of nitrogens with two attached hydrogens (primary N) is 1. The zero-order valence-electron chi connectivity index (χ0n) is 10.7. The minimum Gasteiger partial charge on any atom is -0.465 e. The summed E-state index contributed by atoms with van der Waals surface area (Å²) in [5, 5.41) is 9.90. The van der Waals surface area contributed by atoms with Gasteiger partial charge < -0.3 is 15.6 Å². The van der Waals surface area contributed by atoms with E-state index in [1.165, 1.54) is 24.3 Å². The van der Waals surface area contributed by atoms with Gasteiger partial charge in [-0.05, 0) is 24.6 Å². The molecule has 0 amide bonds. The highest BCUT2D eigenvalue weighted by Gasteiger charge is 2.25. The molecule has 3 N–H and O–H groups in total. The van der Waals surface area contributed by atoms with Crippen LogP contribution in [-0.2, 0) is 19.4 Å². The predicted octanol–water partition coefficient (Wildman–Crippen LogP) is 0.0139. The molecule has 0 saturated heterocycles. The number of carbonyl (C=O) groups excluding carboxylic acids is 1. The van der Waals surface area contributed by atoms with Crippen molar-refractivity contribution in [1.82, 2.24) is 0 Å². The van der Waals surface area contributed by atoms with Crippen molar-refractivity contribution < 1.29 is 23.1 Å². The standard InChI is InChI=1S/C12H17NO5S/c1-3-18-12(15)10(13)11(14)8-4-6-9(7-5-8)19(2,16)17/h4-7,10-11,14H,3,13H2,1-2H3/t10-,11?/m1/s1. The second-order valence-corrected chi connectivity index (χ2v) is 6.08. The maximum absolute atomic E-state index is 11.4. The Bertz CT molecular complexity index is 538. The SMILES string of the molecule is CCOC(=O)[C@H](N)C(O)c1ccc(S(C)(=O)=O)cc1. The summed E-state index contributed by atoms with van der Waals surface area (Å²) in [5.74, 6) is -0.706. The normalized spacial score (nSPS) is 14.7. The molecule has 0 aliphatic carbocycles. The Hall–Kier alpha value is -1.44. The van der Waals surface area contributed by atoms with Crippen LogP contribution in [0.25, 0.3) is 0 Å². The maximum atomic E-state index is 11.4. The largest absolute Gasteiger partial charge is 0.465 e. The summed E-state index contributed by atoms with van der Waals surface area (Å²) in [6.07, 6.45) is -0.157. The van der Waals surface area contributed by atoms with E-state index in [9.17, 15) is 18.3 Å². The minimum absolute atomic E-state index is 0.133. The summed E-state index contributed by atoms with van der Waals surface area (Å²) in [6, 6.07) is 4.33. The number of esters is 1. The van der Waals surface area contributed by atoms with Crippen LogP contribution in [0, 0.1) is 0 Å². The Kier molecular flexibility index (Phi) is 5.04. The first-order chi connectivity index (χ1) is 8.77. The van der Waals surface area contributed by atoms with Crippen molar-refractivity contribution in [2.75, 3.05) is 12.9 Å². The van der Waals surface area contributed by atoms with Gasteiger partial charge in [-0.25, -0.2) is 8.42 Å². The highest BCUT2D eigenvalue weighted by atomic mass is 32.2. The average Bonchev–Trinajstić information content (AvgIpc) is 2.36. The zero-order valence-corrected chi connectivity index (χ0v) is 11.6. The van der Waals surface area contributed by atoms with Gasteiger partial charge in [-0.15, -0.1) is 0 Å². The molecule has 7 heteroatoms. The molecule has 0 spiro atoms. The highest BCUT2D eigenvalue weighted by Crippen LogP contribution is 2.19. The van der Waals surface area contributed by atoms with Crippen LogP contribution in [0.2, 0.25) is 0 Å². The fourth-order valence-electron chi connectivity index (χ4n) is 1.49. The van der Waals surface area contributed by atoms with Gasteiger partial charge in [-0.3, -0.25) is 4.79 Å². The van der Waals surface area contributed by atoms with Gasteiger partial charge in [-0.1, -0.05) is 12.1 Å². The van der Waals surface area contributed by atoms with E-state index in [1.54, 1.807) is 6.92 Å². The van der Waals surface area contributed by atoms with E-state index in [4.69, 9.17) is 10.5 Å². The Morgan fingerprint density at radius 1 is 1.37 bits per heavy atom. The van der Waals surface area contributed by atoms with E-state index < -0.39 is 28.0 Å². The van der Waals surface area contributed by atoms with Gasteiger partial charge in [0.15, 0.2) is 9.84 Å². The van der Waals surface area contributed by atoms with Gasteiger partial charge in [0.25, 0.3) is 0 Å². The van der Waals surface area contributed by atoms with Crippen molar-refractivity contribution in [2.24, 2.45) is 5.73 Å². The molecule has 19 heavy (non-hydrogen) atoms. The van der Waals surface area contributed by atoms with E-state index in [2.05, 4.69) is 0 Å². The van der Waals surface area contributed by atoms with E-state index >= 15 is 0 Å². The second kappa shape index (κ2) is 6.14. The molecule has 1 unspecified atom stereocenters. The molecular formula is C12H17NO5S. The van der Waals surface area contributed by atoms with Gasteiger partial charge >= 0.3 is 5.97 Å². The third kappa shape index (κ3) is 4.02. The van der Waals surface area contributed by atoms with E-state index in [0.717, 1.165) is 6.26 Å². The van der Waals surface area contributed by atoms with Gasteiger partial charge in [-0.2, -0.15) is 0 Å². The lowest BCUT2D eigenvalue weighted by Gasteiger charge is -2.17. The molecule has 0 bridgehead atoms. The molecular weight excluding hydrogens is 270 g/mol. The second-order valence-electron chi connectivity index (χ2n) is 4.06. The van der Waals surface area contributed by atoms with Crippen LogP contribution in [0.5, 0.6) is 0 Å². The topological polar surface area (TPSA) is 107 Å². The first kappa shape index (κ1) is 15.6. The highest BCUT2D eigenvalue weighted by molar-refractivity contribution is 7.90. The van der Waals surface area contributed by atoms with Crippen LogP contribution in [-0.4, -0.2) is 38.4 Å². The molecule has 0 heterocycles. The molecule has 0 aromatic heterocycles. The minimum atomic E-state index is -3.29. The first-order valence-corrected chi connectivity index (χ1v) is 7.56. The van der Waals surface area contributed by atoms with Crippen LogP contribution in [0.4, 0.5) is 0 Å². The van der Waals surface area contributed by atoms with Crippen molar-refractivity contribution in [3.63, 3.8) is 0 Å². The average molecular weight is 287 g/mol. The van der Waals surface area contributed by atoms with Crippen molar-refractivity contribution in [3.8, 4) is 0 Å². The van der Waals surface area contributed by atoms with Gasteiger partial charge in [0.2, 0.25) is 0 Å². The Morgan fingerprint density at radius 2 is 1.89 bits per heavy atom. The van der Waals surface area contributed by atoms with E-state index in [-0.39, 0.29) is 11.5 Å². The van der Waals surface area contributed by atoms with Crippen LogP contribution in [0.1, 0.15) is 18.6 Å². The van der Waals surface area contributed by atoms with Crippen molar-refractivity contribution in [2.45, 2.75) is 24.0 Å². The number of hydrogen-bond donors (Lipinski definition) is 2. The fraction of sp³-hybridized carbons (Fsp3) is 0.417. The van der Waals surface area contributed by atoms with Gasteiger partial charge in [0.1, 0.15) is 12.1 Å². The number of ether oxygens (including phenoxy) is 1. The zero-order chi connectivity index (χ0) is 14.6. The molecule has 2 atom stereocenters. The number of benzene rings is 1. The molecule has 106 valence electrons. The molecule has 0 radical (unpaired) electrons. The Morgan fingerprint density at radius 3 is 2.32 bits per heavy atom. The molecule has 6 nitrogen and oxygen atoms in total. The molecule has 1 rings (SSSR count). The quantitative estimate of drug-likeness (QED) is 0.739. The van der Waals surface area contributed by atoms with E-state index in [1.807, 2.05) is 0 Å². The molecule has 1 aromatic carbocycles. The summed E-state index contributed by atoms with van der Waals surface area (Å²) in [5.41, 5.74) is 5.91. The molecule has 0 saturated carbocycles. The monoisotopic (exact) mass is 287 g/mol. The van der Waals surface area contributed by atoms with Crippen LogP contribution < -0.4 is 5.73 Å². The summed E-state index contributed by atoms with van der Waals surface area (Å²) in [7, 11) is -3.29. The van der Waals surface area contributed by atoms with Crippen molar-refractivity contribution >= 4 is 15.8 Å². The lowest BCUT2D eigenvalue weighted by atomic mass is 10.0. The fourth-order valence-corrected chi connectivity index (χ4v) is 2.12. The molecule has 0 aliphatic rings. The predicted molar refractivity (Wildman–Crippen MR) is 69.1 cm³/mol. The number of hydrogen-bond acceptors (Lipinski definition) is 6. The van der Waals surface area contributed by atoms with E-state index in [0.29, 0.717) is 5.56 Å². The number of aliphatic hydroxyl groups excluding tert-OH is 1. The first-order valence-electron chi connectivity index (χ1n) is 5.67. The summed E-state index contributed by atoms with van der Waals surface area (Å²) >= 11 is 0. The Labute approximate surface area is 112 Å². The van der Waals surface area contributed by atoms with Crippen LogP contribution in [0.3, 0.4) is 0 Å². The van der Waals surface area contributed by atoms with Crippen molar-refractivity contribution in [1.29, 1.82) is 0 Å². The lowest BCUT2D eigenvalue weighted by molar-refractivity contribution is -0.147. The summed E-state index contributed by atoms with van der Waals surface area (Å²) in [6.45, 7) is 1.81. The number of sulfone groups is 1. The number of aliphatic hydroxyl groups is 1. The van der Waals surface area contributed by atoms with Gasteiger partial charge in [0.05, 0.1) is 11.5 Å². The third-order valence-corrected chi connectivity index (χ3v) is 3.68.